The highest BCUT2D eigenvalue weighted by Gasteiger charge is 2.10. The summed E-state index contributed by atoms with van der Waals surface area (Å²) >= 11 is 0. The summed E-state index contributed by atoms with van der Waals surface area (Å²) in [6, 6.07) is 19.5. The molecule has 6 nitrogen and oxygen atoms in total. The van der Waals surface area contributed by atoms with Gasteiger partial charge in [0.2, 0.25) is 11.8 Å². The fraction of sp³-hybridized carbons (Fsp3) is 0.158. The molecule has 0 bridgehead atoms. The second kappa shape index (κ2) is 8.01. The van der Waals surface area contributed by atoms with Crippen molar-refractivity contribution in [1.82, 2.24) is 9.97 Å². The van der Waals surface area contributed by atoms with Crippen molar-refractivity contribution in [3.05, 3.63) is 66.2 Å². The topological polar surface area (TPSA) is 65.5 Å². The van der Waals surface area contributed by atoms with E-state index >= 15 is 0 Å². The Bertz CT molecular complexity index is 803. The maximum Gasteiger partial charge on any atom is 0.328 e. The number of methoxy groups -OCH3 is 2. The molecule has 1 heterocycles. The predicted molar refractivity (Wildman–Crippen MR) is 95.4 cm³/mol. The van der Waals surface area contributed by atoms with Gasteiger partial charge in [-0.25, -0.2) is 0 Å². The first-order valence-electron chi connectivity index (χ1n) is 7.80. The Morgan fingerprint density at radius 1 is 0.840 bits per heavy atom. The van der Waals surface area contributed by atoms with Crippen LogP contribution >= 0.6 is 0 Å². The van der Waals surface area contributed by atoms with Crippen molar-refractivity contribution >= 4 is 5.69 Å². The molecule has 0 saturated carbocycles. The van der Waals surface area contributed by atoms with Gasteiger partial charge in [0.15, 0.2) is 5.75 Å². The third-order valence-corrected chi connectivity index (χ3v) is 3.49. The molecule has 0 aliphatic rings. The summed E-state index contributed by atoms with van der Waals surface area (Å²) in [5, 5.41) is 3.36. The Morgan fingerprint density at radius 2 is 1.48 bits per heavy atom. The highest BCUT2D eigenvalue weighted by Crippen LogP contribution is 2.29. The van der Waals surface area contributed by atoms with Crippen molar-refractivity contribution in [3.63, 3.8) is 0 Å². The summed E-state index contributed by atoms with van der Waals surface area (Å²) in [6.45, 7) is 0.684. The van der Waals surface area contributed by atoms with Crippen LogP contribution in [-0.2, 0) is 6.54 Å². The van der Waals surface area contributed by atoms with Crippen LogP contribution in [0, 0.1) is 0 Å². The number of hydrogen-bond acceptors (Lipinski definition) is 6. The number of ether oxygens (including phenoxy) is 3. The lowest BCUT2D eigenvalue weighted by molar-refractivity contribution is 0.348. The van der Waals surface area contributed by atoms with E-state index in [0.29, 0.717) is 24.1 Å². The quantitative estimate of drug-likeness (QED) is 0.705. The van der Waals surface area contributed by atoms with Gasteiger partial charge in [-0.15, -0.1) is 0 Å². The summed E-state index contributed by atoms with van der Waals surface area (Å²) in [7, 11) is 3.06. The molecule has 25 heavy (non-hydrogen) atoms. The lowest BCUT2D eigenvalue weighted by Gasteiger charge is -2.13. The lowest BCUT2D eigenvalue weighted by Crippen LogP contribution is -2.02. The molecule has 3 aromatic rings. The van der Waals surface area contributed by atoms with Crippen LogP contribution in [0.3, 0.4) is 0 Å². The molecule has 6 heteroatoms. The third-order valence-electron chi connectivity index (χ3n) is 3.49. The molecule has 0 radical (unpaired) electrons. The zero-order valence-corrected chi connectivity index (χ0v) is 14.1. The fourth-order valence-electron chi connectivity index (χ4n) is 2.23. The zero-order chi connectivity index (χ0) is 17.5. The molecule has 3 rings (SSSR count). The molecule has 0 unspecified atom stereocenters. The fourth-order valence-corrected chi connectivity index (χ4v) is 2.23. The summed E-state index contributed by atoms with van der Waals surface area (Å²) in [5.41, 5.74) is 2.02. The molecule has 128 valence electrons. The second-order valence-electron chi connectivity index (χ2n) is 5.17. The summed E-state index contributed by atoms with van der Waals surface area (Å²) in [4.78, 5) is 8.38. The molecule has 1 aromatic heterocycles. The van der Waals surface area contributed by atoms with E-state index in [-0.39, 0.29) is 6.01 Å². The Kier molecular flexibility index (Phi) is 5.31. The van der Waals surface area contributed by atoms with Crippen molar-refractivity contribution in [1.29, 1.82) is 0 Å². The third kappa shape index (κ3) is 4.38. The smallest absolute Gasteiger partial charge is 0.328 e. The average molecular weight is 337 g/mol. The van der Waals surface area contributed by atoms with Crippen LogP contribution in [0.4, 0.5) is 5.69 Å². The van der Waals surface area contributed by atoms with Gasteiger partial charge in [0.25, 0.3) is 0 Å². The zero-order valence-electron chi connectivity index (χ0n) is 14.1. The maximum absolute atomic E-state index is 5.84. The van der Waals surface area contributed by atoms with Crippen LogP contribution in [-0.4, -0.2) is 24.2 Å². The number of benzene rings is 2. The number of anilines is 1. The second-order valence-corrected chi connectivity index (χ2v) is 5.17. The molecule has 0 amide bonds. The van der Waals surface area contributed by atoms with Gasteiger partial charge < -0.3 is 19.5 Å². The summed E-state index contributed by atoms with van der Waals surface area (Å²) in [6.07, 6.45) is 0. The molecule has 0 atom stereocenters. The lowest BCUT2D eigenvalue weighted by atomic mass is 10.2. The van der Waals surface area contributed by atoms with Crippen molar-refractivity contribution < 1.29 is 14.2 Å². The van der Waals surface area contributed by atoms with Gasteiger partial charge in [0.05, 0.1) is 26.0 Å². The molecule has 0 aliphatic heterocycles. The normalized spacial score (nSPS) is 10.2. The van der Waals surface area contributed by atoms with Gasteiger partial charge in [-0.1, -0.05) is 42.5 Å². The Morgan fingerprint density at radius 3 is 2.16 bits per heavy atom. The van der Waals surface area contributed by atoms with Crippen LogP contribution < -0.4 is 19.5 Å². The number of nitrogens with zero attached hydrogens (tertiary/aromatic N) is 2. The molecule has 0 aliphatic carbocycles. The first-order valence-corrected chi connectivity index (χ1v) is 7.80. The van der Waals surface area contributed by atoms with E-state index in [1.807, 2.05) is 42.5 Å². The highest BCUT2D eigenvalue weighted by atomic mass is 16.5. The minimum Gasteiger partial charge on any atom is -0.481 e. The molecule has 1 N–H and O–H groups in total. The van der Waals surface area contributed by atoms with Crippen molar-refractivity contribution in [2.24, 2.45) is 0 Å². The number of hydrogen-bond donors (Lipinski definition) is 1. The summed E-state index contributed by atoms with van der Waals surface area (Å²) < 4.78 is 16.1. The Balaban J connectivity index is 1.79. The highest BCUT2D eigenvalue weighted by molar-refractivity contribution is 5.57. The average Bonchev–Trinajstić information content (AvgIpc) is 2.67. The van der Waals surface area contributed by atoms with E-state index in [0.717, 1.165) is 5.69 Å². The van der Waals surface area contributed by atoms with Gasteiger partial charge in [-0.05, 0) is 17.7 Å². The number of nitrogens with one attached hydrogen (secondary N) is 1. The number of aromatic nitrogens is 2. The van der Waals surface area contributed by atoms with Crippen molar-refractivity contribution in [2.75, 3.05) is 19.5 Å². The van der Waals surface area contributed by atoms with E-state index in [2.05, 4.69) is 27.4 Å². The van der Waals surface area contributed by atoms with E-state index < -0.39 is 0 Å². The minimum absolute atomic E-state index is 0.158. The Labute approximate surface area is 146 Å². The first kappa shape index (κ1) is 16.6. The van der Waals surface area contributed by atoms with Gasteiger partial charge in [-0.2, -0.15) is 9.97 Å². The largest absolute Gasteiger partial charge is 0.481 e. The van der Waals surface area contributed by atoms with E-state index in [1.165, 1.54) is 19.8 Å². The molecule has 0 saturated heterocycles. The molecular weight excluding hydrogens is 318 g/mol. The van der Waals surface area contributed by atoms with Crippen LogP contribution in [0.1, 0.15) is 5.56 Å². The number of para-hydroxylation sites is 2. The standard InChI is InChI=1S/C19H19N3O3/c1-23-17-12-18(24-2)22-19(21-17)25-16-11-7-6-10-15(16)20-13-14-8-4-3-5-9-14/h3-12,20H,13H2,1-2H3. The van der Waals surface area contributed by atoms with Crippen molar-refractivity contribution in [2.45, 2.75) is 6.54 Å². The number of rotatable bonds is 7. The summed E-state index contributed by atoms with van der Waals surface area (Å²) in [5.74, 6) is 1.36. The van der Waals surface area contributed by atoms with Crippen LogP contribution in [0.5, 0.6) is 23.5 Å². The van der Waals surface area contributed by atoms with Crippen LogP contribution in [0.15, 0.2) is 60.7 Å². The van der Waals surface area contributed by atoms with E-state index in [9.17, 15) is 0 Å². The Hall–Kier alpha value is -3.28. The van der Waals surface area contributed by atoms with Gasteiger partial charge in [0, 0.05) is 6.54 Å². The van der Waals surface area contributed by atoms with Gasteiger partial charge in [0.1, 0.15) is 0 Å². The molecule has 2 aromatic carbocycles. The van der Waals surface area contributed by atoms with Gasteiger partial charge in [-0.3, -0.25) is 0 Å². The van der Waals surface area contributed by atoms with Gasteiger partial charge >= 0.3 is 6.01 Å². The molecular formula is C19H19N3O3. The van der Waals surface area contributed by atoms with Crippen LogP contribution in [0.2, 0.25) is 0 Å². The monoisotopic (exact) mass is 337 g/mol. The maximum atomic E-state index is 5.84. The predicted octanol–water partition coefficient (Wildman–Crippen LogP) is 3.90. The molecule has 0 fully saturated rings. The van der Waals surface area contributed by atoms with E-state index in [1.54, 1.807) is 6.07 Å². The van der Waals surface area contributed by atoms with E-state index in [4.69, 9.17) is 14.2 Å². The molecule has 0 spiro atoms. The first-order chi connectivity index (χ1) is 12.3. The van der Waals surface area contributed by atoms with Crippen molar-refractivity contribution in [3.8, 4) is 23.5 Å². The minimum atomic E-state index is 0.158. The SMILES string of the molecule is COc1cc(OC)nc(Oc2ccccc2NCc2ccccc2)n1. The van der Waals surface area contributed by atoms with Crippen LogP contribution in [0.25, 0.3) is 0 Å².